The molecule has 0 spiro atoms. The molecule has 0 unspecified atom stereocenters. The van der Waals surface area contributed by atoms with Gasteiger partial charge in [0, 0.05) is 25.0 Å². The van der Waals surface area contributed by atoms with Gasteiger partial charge in [-0.05, 0) is 25.0 Å². The third-order valence-corrected chi connectivity index (χ3v) is 4.17. The lowest BCUT2D eigenvalue weighted by Gasteiger charge is -2.11. The maximum atomic E-state index is 4.74. The molecular weight excluding hydrogens is 262 g/mol. The first-order chi connectivity index (χ1) is 10.2. The van der Waals surface area contributed by atoms with Crippen LogP contribution in [0.4, 0.5) is 0 Å². The van der Waals surface area contributed by atoms with Gasteiger partial charge in [0.25, 0.3) is 0 Å². The fourth-order valence-electron chi connectivity index (χ4n) is 2.95. The lowest BCUT2D eigenvalue weighted by Crippen LogP contribution is -2.24. The molecule has 0 bridgehead atoms. The number of nitrogens with zero attached hydrogens (tertiary/aromatic N) is 4. The Morgan fingerprint density at radius 1 is 1.29 bits per heavy atom. The molecule has 114 valence electrons. The van der Waals surface area contributed by atoms with Crippen LogP contribution in [-0.4, -0.2) is 25.6 Å². The molecule has 1 N–H and O–H groups in total. The number of hydrogen-bond acceptors (Lipinski definition) is 3. The molecule has 0 atom stereocenters. The van der Waals surface area contributed by atoms with Crippen LogP contribution in [0.25, 0.3) is 0 Å². The second-order valence-corrected chi connectivity index (χ2v) is 6.24. The van der Waals surface area contributed by atoms with Crippen LogP contribution in [-0.2, 0) is 13.1 Å². The van der Waals surface area contributed by atoms with Gasteiger partial charge in [0.2, 0.25) is 0 Å². The van der Waals surface area contributed by atoms with Gasteiger partial charge in [-0.25, -0.2) is 0 Å². The number of hydrogen-bond donors (Lipinski definition) is 1. The summed E-state index contributed by atoms with van der Waals surface area (Å²) in [5, 5.41) is 12.6. The van der Waals surface area contributed by atoms with E-state index >= 15 is 0 Å². The van der Waals surface area contributed by atoms with E-state index in [0.29, 0.717) is 12.1 Å². The lowest BCUT2D eigenvalue weighted by atomic mass is 10.3. The number of nitrogens with one attached hydrogen (secondary N) is 1. The standard InChI is InChI=1S/C16H25N5/c1-13(2)17-11-16-7-9-18-21(16)12-14-8-10-20(19-14)15-5-3-4-6-15/h7-10,13,15,17H,3-6,11-12H2,1-2H3. The topological polar surface area (TPSA) is 47.7 Å². The SMILES string of the molecule is CC(C)NCc1ccnn1Cc1ccn(C2CCCC2)n1. The molecule has 1 saturated carbocycles. The van der Waals surface area contributed by atoms with Crippen molar-refractivity contribution in [3.63, 3.8) is 0 Å². The van der Waals surface area contributed by atoms with Crippen molar-refractivity contribution in [1.82, 2.24) is 24.9 Å². The monoisotopic (exact) mass is 287 g/mol. The fourth-order valence-corrected chi connectivity index (χ4v) is 2.95. The number of rotatable bonds is 6. The van der Waals surface area contributed by atoms with Crippen LogP contribution >= 0.6 is 0 Å². The summed E-state index contributed by atoms with van der Waals surface area (Å²) in [5.74, 6) is 0. The van der Waals surface area contributed by atoms with Crippen LogP contribution in [0.2, 0.25) is 0 Å². The highest BCUT2D eigenvalue weighted by Gasteiger charge is 2.17. The second kappa shape index (κ2) is 6.43. The van der Waals surface area contributed by atoms with Crippen LogP contribution in [0.3, 0.4) is 0 Å². The molecule has 5 heteroatoms. The van der Waals surface area contributed by atoms with Gasteiger partial charge in [-0.1, -0.05) is 26.7 Å². The summed E-state index contributed by atoms with van der Waals surface area (Å²) in [6, 6.07) is 5.29. The van der Waals surface area contributed by atoms with Crippen LogP contribution in [0.15, 0.2) is 24.5 Å². The highest BCUT2D eigenvalue weighted by molar-refractivity contribution is 5.06. The summed E-state index contributed by atoms with van der Waals surface area (Å²) in [4.78, 5) is 0. The Kier molecular flexibility index (Phi) is 4.39. The van der Waals surface area contributed by atoms with Crippen molar-refractivity contribution in [1.29, 1.82) is 0 Å². The van der Waals surface area contributed by atoms with Gasteiger partial charge in [0.05, 0.1) is 24.0 Å². The van der Waals surface area contributed by atoms with E-state index in [1.54, 1.807) is 0 Å². The maximum absolute atomic E-state index is 4.74. The summed E-state index contributed by atoms with van der Waals surface area (Å²) >= 11 is 0. The van der Waals surface area contributed by atoms with Crippen molar-refractivity contribution in [3.8, 4) is 0 Å². The van der Waals surface area contributed by atoms with Gasteiger partial charge in [-0.3, -0.25) is 9.36 Å². The zero-order chi connectivity index (χ0) is 14.7. The summed E-state index contributed by atoms with van der Waals surface area (Å²) in [6.07, 6.45) is 9.21. The van der Waals surface area contributed by atoms with Crippen molar-refractivity contribution in [2.45, 2.75) is 64.7 Å². The summed E-state index contributed by atoms with van der Waals surface area (Å²) in [7, 11) is 0. The van der Waals surface area contributed by atoms with Gasteiger partial charge in [0.15, 0.2) is 0 Å². The van der Waals surface area contributed by atoms with Crippen molar-refractivity contribution < 1.29 is 0 Å². The van der Waals surface area contributed by atoms with E-state index in [1.165, 1.54) is 31.4 Å². The minimum Gasteiger partial charge on any atom is -0.309 e. The van der Waals surface area contributed by atoms with Gasteiger partial charge in [0.1, 0.15) is 0 Å². The van der Waals surface area contributed by atoms with E-state index in [4.69, 9.17) is 5.10 Å². The first kappa shape index (κ1) is 14.3. The third-order valence-electron chi connectivity index (χ3n) is 4.17. The van der Waals surface area contributed by atoms with E-state index < -0.39 is 0 Å². The Labute approximate surface area is 126 Å². The Morgan fingerprint density at radius 2 is 2.10 bits per heavy atom. The van der Waals surface area contributed by atoms with E-state index in [2.05, 4.69) is 47.3 Å². The van der Waals surface area contributed by atoms with E-state index in [9.17, 15) is 0 Å². The van der Waals surface area contributed by atoms with Crippen molar-refractivity contribution in [3.05, 3.63) is 35.9 Å². The molecule has 2 aromatic rings. The highest BCUT2D eigenvalue weighted by atomic mass is 15.3. The molecule has 0 aliphatic heterocycles. The molecule has 1 fully saturated rings. The van der Waals surface area contributed by atoms with Crippen LogP contribution in [0, 0.1) is 0 Å². The Bertz CT molecular complexity index is 563. The smallest absolute Gasteiger partial charge is 0.0853 e. The summed E-state index contributed by atoms with van der Waals surface area (Å²) < 4.78 is 4.19. The third kappa shape index (κ3) is 3.53. The second-order valence-electron chi connectivity index (χ2n) is 6.24. The average molecular weight is 287 g/mol. The van der Waals surface area contributed by atoms with E-state index in [0.717, 1.165) is 18.8 Å². The normalized spacial score (nSPS) is 16.1. The first-order valence-corrected chi connectivity index (χ1v) is 8.00. The van der Waals surface area contributed by atoms with Crippen molar-refractivity contribution >= 4 is 0 Å². The predicted octanol–water partition coefficient (Wildman–Crippen LogP) is 2.74. The quantitative estimate of drug-likeness (QED) is 0.888. The van der Waals surface area contributed by atoms with E-state index in [-0.39, 0.29) is 0 Å². The molecule has 3 rings (SSSR count). The van der Waals surface area contributed by atoms with Crippen molar-refractivity contribution in [2.24, 2.45) is 0 Å². The van der Waals surface area contributed by atoms with Crippen LogP contribution < -0.4 is 5.32 Å². The maximum Gasteiger partial charge on any atom is 0.0853 e. The first-order valence-electron chi connectivity index (χ1n) is 8.00. The van der Waals surface area contributed by atoms with Gasteiger partial charge < -0.3 is 5.32 Å². The molecule has 2 aromatic heterocycles. The minimum atomic E-state index is 0.481. The Morgan fingerprint density at radius 3 is 2.86 bits per heavy atom. The molecule has 21 heavy (non-hydrogen) atoms. The van der Waals surface area contributed by atoms with Crippen molar-refractivity contribution in [2.75, 3.05) is 0 Å². The number of aromatic nitrogens is 4. The zero-order valence-corrected chi connectivity index (χ0v) is 13.0. The average Bonchev–Trinajstić information content (AvgIpc) is 3.18. The molecule has 0 aromatic carbocycles. The minimum absolute atomic E-state index is 0.481. The molecule has 0 amide bonds. The molecule has 5 nitrogen and oxygen atoms in total. The Balaban J connectivity index is 1.65. The molecule has 0 radical (unpaired) electrons. The summed E-state index contributed by atoms with van der Waals surface area (Å²) in [6.45, 7) is 5.91. The highest BCUT2D eigenvalue weighted by Crippen LogP contribution is 2.28. The molecule has 1 aliphatic carbocycles. The van der Waals surface area contributed by atoms with Crippen LogP contribution in [0.5, 0.6) is 0 Å². The summed E-state index contributed by atoms with van der Waals surface area (Å²) in [5.41, 5.74) is 2.30. The molecule has 1 aliphatic rings. The predicted molar refractivity (Wildman–Crippen MR) is 83.0 cm³/mol. The Hall–Kier alpha value is -1.62. The fraction of sp³-hybridized carbons (Fsp3) is 0.625. The lowest BCUT2D eigenvalue weighted by molar-refractivity contribution is 0.459. The van der Waals surface area contributed by atoms with E-state index in [1.807, 2.05) is 10.9 Å². The van der Waals surface area contributed by atoms with Gasteiger partial charge in [-0.15, -0.1) is 0 Å². The largest absolute Gasteiger partial charge is 0.309 e. The molecular formula is C16H25N5. The molecule has 0 saturated heterocycles. The van der Waals surface area contributed by atoms with Crippen LogP contribution in [0.1, 0.15) is 57.0 Å². The zero-order valence-electron chi connectivity index (χ0n) is 13.0. The van der Waals surface area contributed by atoms with Gasteiger partial charge >= 0.3 is 0 Å². The molecule has 2 heterocycles. The van der Waals surface area contributed by atoms with Gasteiger partial charge in [-0.2, -0.15) is 10.2 Å².